The summed E-state index contributed by atoms with van der Waals surface area (Å²) in [6.45, 7) is -1.90. The Morgan fingerprint density at radius 1 is 0.864 bits per heavy atom. The number of carbonyl (C=O) groups excluding carboxylic acids is 3. The van der Waals surface area contributed by atoms with Crippen LogP contribution in [0.15, 0.2) is 97.1 Å². The number of hydrogen-bond acceptors (Lipinski definition) is 11. The summed E-state index contributed by atoms with van der Waals surface area (Å²) in [6, 6.07) is 25.0. The summed E-state index contributed by atoms with van der Waals surface area (Å²) < 4.78 is 49.2. The quantitative estimate of drug-likeness (QED) is 0.0605. The second kappa shape index (κ2) is 18.1. The molecule has 1 aromatic heterocycles. The normalized spacial score (nSPS) is 13.3. The molecule has 0 spiro atoms. The molecule has 6 rings (SSSR count). The van der Waals surface area contributed by atoms with Crippen LogP contribution in [0.3, 0.4) is 0 Å². The number of carbonyl (C=O) groups is 4. The molecular formula is C40H36ClF3N8O7. The van der Waals surface area contributed by atoms with Crippen LogP contribution >= 0.6 is 11.6 Å². The van der Waals surface area contributed by atoms with Crippen molar-refractivity contribution in [2.75, 3.05) is 36.2 Å². The Balaban J connectivity index is 1.03. The van der Waals surface area contributed by atoms with Crippen molar-refractivity contribution in [2.45, 2.75) is 37.0 Å². The number of alkyl halides is 3. The van der Waals surface area contributed by atoms with Crippen LogP contribution in [0, 0.1) is 0 Å². The molecule has 0 unspecified atom stereocenters. The van der Waals surface area contributed by atoms with E-state index in [1.807, 2.05) is 42.5 Å². The number of halogens is 4. The second-order valence-electron chi connectivity index (χ2n) is 13.2. The molecule has 0 radical (unpaired) electrons. The second-order valence-corrected chi connectivity index (χ2v) is 13.7. The number of aliphatic carboxylic acids is 1. The minimum Gasteiger partial charge on any atom is -0.496 e. The Morgan fingerprint density at radius 2 is 1.54 bits per heavy atom. The number of rotatable bonds is 16. The third kappa shape index (κ3) is 11.3. The zero-order valence-corrected chi connectivity index (χ0v) is 31.9. The molecule has 0 bridgehead atoms. The molecule has 0 saturated heterocycles. The van der Waals surface area contributed by atoms with Gasteiger partial charge in [0.2, 0.25) is 11.9 Å². The highest BCUT2D eigenvalue weighted by Gasteiger charge is 2.45. The van der Waals surface area contributed by atoms with Crippen LogP contribution in [0.5, 0.6) is 11.8 Å². The number of benzene rings is 4. The van der Waals surface area contributed by atoms with E-state index in [9.17, 15) is 37.5 Å². The largest absolute Gasteiger partial charge is 0.496 e. The standard InChI is InChI=1S/C40H36ClF3N8O7/c1-58-31-21-28(15-16-29(31)23-5-3-2-4-6-23)46-34(55)33(54)45-20-17-30(35(56)57)48-32(53)24-7-13-27(14-8-24)47-36-49-37(51-38(50-36)59-22-40(42,43)44)52-39(18-19-39)25-9-11-26(41)12-10-25/h2-16,21,30H,17-20,22H2,1H3,(H,45,54)(H,46,55)(H,48,53)(H,56,57)(H2,47,49,50,51,52)/t30-/m0/s1. The fourth-order valence-electron chi connectivity index (χ4n) is 5.83. The van der Waals surface area contributed by atoms with Crippen LogP contribution in [0.4, 0.5) is 36.4 Å². The lowest BCUT2D eigenvalue weighted by atomic mass is 10.0. The molecule has 5 aromatic rings. The van der Waals surface area contributed by atoms with Gasteiger partial charge in [-0.15, -0.1) is 0 Å². The van der Waals surface area contributed by atoms with Gasteiger partial charge in [0.25, 0.3) is 5.91 Å². The molecule has 0 aliphatic heterocycles. The first-order valence-corrected chi connectivity index (χ1v) is 18.3. The molecule has 1 atom stereocenters. The van der Waals surface area contributed by atoms with Crippen LogP contribution in [-0.2, 0) is 19.9 Å². The average Bonchev–Trinajstić information content (AvgIpc) is 4.00. The highest BCUT2D eigenvalue weighted by atomic mass is 35.5. The number of anilines is 4. The molecule has 19 heteroatoms. The number of carboxylic acid groups (broad SMARTS) is 1. The number of ether oxygens (including phenoxy) is 2. The van der Waals surface area contributed by atoms with Gasteiger partial charge in [0, 0.05) is 40.1 Å². The van der Waals surface area contributed by atoms with E-state index in [0.717, 1.165) is 16.7 Å². The van der Waals surface area contributed by atoms with Crippen molar-refractivity contribution < 1.29 is 46.9 Å². The summed E-state index contributed by atoms with van der Waals surface area (Å²) in [4.78, 5) is 62.4. The summed E-state index contributed by atoms with van der Waals surface area (Å²) >= 11 is 6.03. The van der Waals surface area contributed by atoms with E-state index in [1.54, 1.807) is 30.3 Å². The van der Waals surface area contributed by atoms with Gasteiger partial charge in [-0.2, -0.15) is 28.1 Å². The Hall–Kier alpha value is -6.95. The van der Waals surface area contributed by atoms with E-state index in [0.29, 0.717) is 35.0 Å². The van der Waals surface area contributed by atoms with Gasteiger partial charge in [-0.1, -0.05) is 54.1 Å². The zero-order chi connectivity index (χ0) is 42.2. The van der Waals surface area contributed by atoms with E-state index in [4.69, 9.17) is 21.1 Å². The fourth-order valence-corrected chi connectivity index (χ4v) is 5.96. The first kappa shape index (κ1) is 41.7. The number of carboxylic acids is 1. The number of hydrogen-bond donors (Lipinski definition) is 6. The van der Waals surface area contributed by atoms with Gasteiger partial charge in [-0.05, 0) is 78.9 Å². The molecule has 1 saturated carbocycles. The SMILES string of the molecule is COc1cc(NC(=O)C(=O)NCC[C@H](NC(=O)c2ccc(Nc3nc(NC4(c5ccc(Cl)cc5)CC4)nc(OCC(F)(F)F)n3)cc2)C(=O)O)ccc1-c1ccccc1. The third-order valence-corrected chi connectivity index (χ3v) is 9.21. The lowest BCUT2D eigenvalue weighted by Gasteiger charge is -2.19. The molecule has 3 amide bonds. The maximum atomic E-state index is 13.0. The molecule has 1 fully saturated rings. The molecule has 6 N–H and O–H groups in total. The number of aromatic nitrogens is 3. The van der Waals surface area contributed by atoms with Crippen molar-refractivity contribution in [3.8, 4) is 22.9 Å². The van der Waals surface area contributed by atoms with Crippen molar-refractivity contribution in [1.82, 2.24) is 25.6 Å². The summed E-state index contributed by atoms with van der Waals surface area (Å²) in [7, 11) is 1.48. The van der Waals surface area contributed by atoms with E-state index >= 15 is 0 Å². The maximum Gasteiger partial charge on any atom is 0.422 e. The van der Waals surface area contributed by atoms with Crippen molar-refractivity contribution >= 4 is 58.6 Å². The van der Waals surface area contributed by atoms with E-state index < -0.39 is 54.1 Å². The van der Waals surface area contributed by atoms with Gasteiger partial charge in [-0.3, -0.25) is 14.4 Å². The van der Waals surface area contributed by atoms with Gasteiger partial charge >= 0.3 is 30.0 Å². The van der Waals surface area contributed by atoms with Crippen LogP contribution < -0.4 is 36.1 Å². The highest BCUT2D eigenvalue weighted by molar-refractivity contribution is 6.39. The Bertz CT molecular complexity index is 2310. The molecule has 15 nitrogen and oxygen atoms in total. The fraction of sp³-hybridized carbons (Fsp3) is 0.225. The van der Waals surface area contributed by atoms with E-state index in [-0.39, 0.29) is 30.4 Å². The van der Waals surface area contributed by atoms with Crippen molar-refractivity contribution in [1.29, 1.82) is 0 Å². The molecule has 1 aliphatic rings. The van der Waals surface area contributed by atoms with Crippen molar-refractivity contribution in [3.63, 3.8) is 0 Å². The molecule has 306 valence electrons. The van der Waals surface area contributed by atoms with Crippen molar-refractivity contribution in [2.24, 2.45) is 0 Å². The molecular weight excluding hydrogens is 797 g/mol. The van der Waals surface area contributed by atoms with E-state index in [2.05, 4.69) is 41.5 Å². The smallest absolute Gasteiger partial charge is 0.422 e. The van der Waals surface area contributed by atoms with Crippen LogP contribution in [-0.4, -0.2) is 76.2 Å². The number of nitrogens with zero attached hydrogens (tertiary/aromatic N) is 3. The van der Waals surface area contributed by atoms with Crippen LogP contribution in [0.25, 0.3) is 11.1 Å². The summed E-state index contributed by atoms with van der Waals surface area (Å²) in [5.41, 5.74) is 2.65. The molecule has 1 heterocycles. The minimum atomic E-state index is -4.65. The Kier molecular flexibility index (Phi) is 12.8. The topological polar surface area (TPSA) is 206 Å². The number of methoxy groups -OCH3 is 1. The predicted molar refractivity (Wildman–Crippen MR) is 211 cm³/mol. The average molecular weight is 833 g/mol. The molecule has 4 aromatic carbocycles. The van der Waals surface area contributed by atoms with Gasteiger partial charge in [0.1, 0.15) is 11.8 Å². The molecule has 1 aliphatic carbocycles. The molecule has 59 heavy (non-hydrogen) atoms. The van der Waals surface area contributed by atoms with Gasteiger partial charge in [-0.25, -0.2) is 4.79 Å². The first-order valence-electron chi connectivity index (χ1n) is 17.9. The van der Waals surface area contributed by atoms with Crippen LogP contribution in [0.1, 0.15) is 35.2 Å². The Morgan fingerprint density at radius 3 is 2.19 bits per heavy atom. The van der Waals surface area contributed by atoms with E-state index in [1.165, 1.54) is 31.4 Å². The number of nitrogens with one attached hydrogen (secondary N) is 5. The summed E-state index contributed by atoms with van der Waals surface area (Å²) in [5, 5.41) is 23.5. The first-order chi connectivity index (χ1) is 28.2. The maximum absolute atomic E-state index is 13.0. The van der Waals surface area contributed by atoms with Gasteiger partial charge < -0.3 is 41.2 Å². The third-order valence-electron chi connectivity index (χ3n) is 8.95. The van der Waals surface area contributed by atoms with Crippen LogP contribution in [0.2, 0.25) is 5.02 Å². The lowest BCUT2D eigenvalue weighted by Crippen LogP contribution is -2.44. The van der Waals surface area contributed by atoms with Gasteiger partial charge in [0.05, 0.1) is 12.6 Å². The monoisotopic (exact) mass is 832 g/mol. The van der Waals surface area contributed by atoms with Crippen molar-refractivity contribution in [3.05, 3.63) is 113 Å². The Labute approximate surface area is 339 Å². The predicted octanol–water partition coefficient (Wildman–Crippen LogP) is 6.31. The number of amides is 3. The minimum absolute atomic E-state index is 0.0471. The highest BCUT2D eigenvalue weighted by Crippen LogP contribution is 2.48. The van der Waals surface area contributed by atoms with Gasteiger partial charge in [0.15, 0.2) is 6.61 Å². The summed E-state index contributed by atoms with van der Waals surface area (Å²) in [5.74, 6) is -3.90. The summed E-state index contributed by atoms with van der Waals surface area (Å²) in [6.07, 6.45) is -3.52. The lowest BCUT2D eigenvalue weighted by molar-refractivity contribution is -0.154. The zero-order valence-electron chi connectivity index (χ0n) is 31.1.